The molecule has 2 saturated carbocycles. The fourth-order valence-corrected chi connectivity index (χ4v) is 5.03. The Labute approximate surface area is 139 Å². The van der Waals surface area contributed by atoms with Crippen molar-refractivity contribution in [1.29, 1.82) is 0 Å². The van der Waals surface area contributed by atoms with Crippen molar-refractivity contribution in [3.8, 4) is 0 Å². The third-order valence-electron chi connectivity index (χ3n) is 6.18. The van der Waals surface area contributed by atoms with Gasteiger partial charge in [0.25, 0.3) is 0 Å². The fourth-order valence-electron chi connectivity index (χ4n) is 5.03. The molecule has 3 fully saturated rings. The summed E-state index contributed by atoms with van der Waals surface area (Å²) in [6.07, 6.45) is 7.43. The number of nitrogens with one attached hydrogen (secondary N) is 1. The van der Waals surface area contributed by atoms with Crippen molar-refractivity contribution in [3.63, 3.8) is 0 Å². The molecule has 1 N–H and O–H groups in total. The second kappa shape index (κ2) is 6.64. The quantitative estimate of drug-likeness (QED) is 0.926. The Kier molecular flexibility index (Phi) is 4.39. The Hall–Kier alpha value is -1.35. The molecule has 23 heavy (non-hydrogen) atoms. The van der Waals surface area contributed by atoms with E-state index in [9.17, 15) is 4.79 Å². The minimum Gasteiger partial charge on any atom is -0.352 e. The van der Waals surface area contributed by atoms with Crippen LogP contribution < -0.4 is 5.32 Å². The average Bonchev–Trinajstić information content (AvgIpc) is 3.19. The van der Waals surface area contributed by atoms with Crippen LogP contribution >= 0.6 is 0 Å². The summed E-state index contributed by atoms with van der Waals surface area (Å²) in [5.74, 6) is 2.20. The molecule has 124 valence electrons. The third kappa shape index (κ3) is 3.45. The fraction of sp³-hybridized carbons (Fsp3) is 0.650. The SMILES string of the molecule is O=C(N[C@H]1CCCN(Cc2ccccc2)C1)[C@@H]1C[C@H]2CC[C@H]1C2. The summed E-state index contributed by atoms with van der Waals surface area (Å²) in [4.78, 5) is 15.1. The number of fused-ring (bicyclic) bond motifs is 2. The maximum absolute atomic E-state index is 12.6. The maximum atomic E-state index is 12.6. The van der Waals surface area contributed by atoms with Crippen molar-refractivity contribution in [2.24, 2.45) is 17.8 Å². The second-order valence-electron chi connectivity index (χ2n) is 7.85. The highest BCUT2D eigenvalue weighted by molar-refractivity contribution is 5.79. The minimum absolute atomic E-state index is 0.318. The van der Waals surface area contributed by atoms with E-state index < -0.39 is 0 Å². The maximum Gasteiger partial charge on any atom is 0.223 e. The van der Waals surface area contributed by atoms with Crippen LogP contribution in [0.2, 0.25) is 0 Å². The van der Waals surface area contributed by atoms with Crippen LogP contribution in [0.5, 0.6) is 0 Å². The Balaban J connectivity index is 1.30. The van der Waals surface area contributed by atoms with E-state index in [1.165, 1.54) is 31.2 Å². The summed E-state index contributed by atoms with van der Waals surface area (Å²) in [6, 6.07) is 11.0. The Morgan fingerprint density at radius 2 is 2.00 bits per heavy atom. The molecular weight excluding hydrogens is 284 g/mol. The zero-order valence-corrected chi connectivity index (χ0v) is 13.9. The van der Waals surface area contributed by atoms with Crippen LogP contribution in [0.25, 0.3) is 0 Å². The molecule has 1 aliphatic heterocycles. The number of rotatable bonds is 4. The van der Waals surface area contributed by atoms with E-state index in [4.69, 9.17) is 0 Å². The third-order valence-corrected chi connectivity index (χ3v) is 6.18. The summed E-state index contributed by atoms with van der Waals surface area (Å²) in [5, 5.41) is 3.38. The smallest absolute Gasteiger partial charge is 0.223 e. The number of carbonyl (C=O) groups is 1. The van der Waals surface area contributed by atoms with Crippen LogP contribution in [0, 0.1) is 17.8 Å². The first-order chi connectivity index (χ1) is 11.3. The van der Waals surface area contributed by atoms with E-state index in [1.54, 1.807) is 0 Å². The standard InChI is InChI=1S/C20H28N2O/c23-20(19-12-16-8-9-17(19)11-16)21-18-7-4-10-22(14-18)13-15-5-2-1-3-6-15/h1-3,5-6,16-19H,4,7-14H2,(H,21,23)/t16-,17-,18-,19+/m0/s1. The molecule has 4 atom stereocenters. The van der Waals surface area contributed by atoms with Crippen LogP contribution in [0.3, 0.4) is 0 Å². The van der Waals surface area contributed by atoms with Crippen molar-refractivity contribution in [1.82, 2.24) is 10.2 Å². The minimum atomic E-state index is 0.318. The molecule has 1 saturated heterocycles. The Morgan fingerprint density at radius 3 is 2.74 bits per heavy atom. The van der Waals surface area contributed by atoms with E-state index in [-0.39, 0.29) is 0 Å². The molecule has 1 heterocycles. The van der Waals surface area contributed by atoms with E-state index in [2.05, 4.69) is 40.5 Å². The van der Waals surface area contributed by atoms with Crippen molar-refractivity contribution < 1.29 is 4.79 Å². The summed E-state index contributed by atoms with van der Waals surface area (Å²) >= 11 is 0. The molecule has 4 rings (SSSR count). The van der Waals surface area contributed by atoms with E-state index >= 15 is 0 Å². The van der Waals surface area contributed by atoms with E-state index in [0.717, 1.165) is 38.4 Å². The van der Waals surface area contributed by atoms with Crippen LogP contribution in [-0.2, 0) is 11.3 Å². The molecule has 1 aromatic rings. The molecule has 0 radical (unpaired) electrons. The first kappa shape index (κ1) is 15.2. The van der Waals surface area contributed by atoms with Gasteiger partial charge in [0.1, 0.15) is 0 Å². The van der Waals surface area contributed by atoms with Crippen LogP contribution in [0.1, 0.15) is 44.1 Å². The molecule has 3 nitrogen and oxygen atoms in total. The number of nitrogens with zero attached hydrogens (tertiary/aromatic N) is 1. The number of piperidine rings is 1. The summed E-state index contributed by atoms with van der Waals surface area (Å²) < 4.78 is 0. The van der Waals surface area contributed by atoms with Crippen LogP contribution in [0.15, 0.2) is 30.3 Å². The van der Waals surface area contributed by atoms with Crippen molar-refractivity contribution in [2.75, 3.05) is 13.1 Å². The van der Waals surface area contributed by atoms with Gasteiger partial charge >= 0.3 is 0 Å². The molecule has 0 aromatic heterocycles. The molecule has 2 bridgehead atoms. The summed E-state index contributed by atoms with van der Waals surface area (Å²) in [5.41, 5.74) is 1.37. The van der Waals surface area contributed by atoms with Crippen LogP contribution in [0.4, 0.5) is 0 Å². The predicted octanol–water partition coefficient (Wildman–Crippen LogP) is 3.20. The molecule has 3 heteroatoms. The normalized spacial score (nSPS) is 33.7. The van der Waals surface area contributed by atoms with Crippen molar-refractivity contribution >= 4 is 5.91 Å². The summed E-state index contributed by atoms with van der Waals surface area (Å²) in [6.45, 7) is 3.15. The number of carbonyl (C=O) groups excluding carboxylic acids is 1. The van der Waals surface area contributed by atoms with Crippen molar-refractivity contribution in [3.05, 3.63) is 35.9 Å². The second-order valence-corrected chi connectivity index (χ2v) is 7.85. The van der Waals surface area contributed by atoms with Gasteiger partial charge in [-0.15, -0.1) is 0 Å². The molecular formula is C20H28N2O. The van der Waals surface area contributed by atoms with Gasteiger partial charge in [-0.2, -0.15) is 0 Å². The molecule has 1 amide bonds. The van der Waals surface area contributed by atoms with Crippen molar-refractivity contribution in [2.45, 2.75) is 51.1 Å². The van der Waals surface area contributed by atoms with Crippen LogP contribution in [-0.4, -0.2) is 29.9 Å². The summed E-state index contributed by atoms with van der Waals surface area (Å²) in [7, 11) is 0. The Bertz CT molecular complexity index is 544. The highest BCUT2D eigenvalue weighted by atomic mass is 16.2. The average molecular weight is 312 g/mol. The largest absolute Gasteiger partial charge is 0.352 e. The van der Waals surface area contributed by atoms with Gasteiger partial charge < -0.3 is 5.32 Å². The first-order valence-corrected chi connectivity index (χ1v) is 9.34. The lowest BCUT2D eigenvalue weighted by atomic mass is 9.88. The predicted molar refractivity (Wildman–Crippen MR) is 91.8 cm³/mol. The lowest BCUT2D eigenvalue weighted by Gasteiger charge is -2.34. The van der Waals surface area contributed by atoms with Gasteiger partial charge in [-0.25, -0.2) is 0 Å². The lowest BCUT2D eigenvalue weighted by molar-refractivity contribution is -0.127. The highest BCUT2D eigenvalue weighted by Crippen LogP contribution is 2.48. The van der Waals surface area contributed by atoms with Gasteiger partial charge in [-0.3, -0.25) is 9.69 Å². The van der Waals surface area contributed by atoms with Gasteiger partial charge in [0.05, 0.1) is 0 Å². The van der Waals surface area contributed by atoms with Gasteiger partial charge in [-0.1, -0.05) is 36.8 Å². The van der Waals surface area contributed by atoms with Gasteiger partial charge in [-0.05, 0) is 56.0 Å². The first-order valence-electron chi connectivity index (χ1n) is 9.34. The molecule has 3 aliphatic rings. The van der Waals surface area contributed by atoms with Gasteiger partial charge in [0.2, 0.25) is 5.91 Å². The number of hydrogen-bond acceptors (Lipinski definition) is 2. The lowest BCUT2D eigenvalue weighted by Crippen LogP contribution is -2.49. The molecule has 0 unspecified atom stereocenters. The van der Waals surface area contributed by atoms with E-state index in [1.807, 2.05) is 0 Å². The van der Waals surface area contributed by atoms with Gasteiger partial charge in [0.15, 0.2) is 0 Å². The van der Waals surface area contributed by atoms with E-state index in [0.29, 0.717) is 23.8 Å². The number of hydrogen-bond donors (Lipinski definition) is 1. The molecule has 0 spiro atoms. The zero-order chi connectivity index (χ0) is 15.6. The zero-order valence-electron chi connectivity index (χ0n) is 13.9. The number of likely N-dealkylation sites (tertiary alicyclic amines) is 1. The Morgan fingerprint density at radius 1 is 1.13 bits per heavy atom. The topological polar surface area (TPSA) is 32.3 Å². The number of benzene rings is 1. The number of amides is 1. The molecule has 2 aliphatic carbocycles. The molecule has 1 aromatic carbocycles. The van der Waals surface area contributed by atoms with Gasteiger partial charge in [0, 0.05) is 25.0 Å². The highest BCUT2D eigenvalue weighted by Gasteiger charge is 2.43. The monoisotopic (exact) mass is 312 g/mol.